The van der Waals surface area contributed by atoms with Gasteiger partial charge >= 0.3 is 0 Å². The molecule has 0 fully saturated rings. The molecule has 0 unspecified atom stereocenters. The predicted octanol–water partition coefficient (Wildman–Crippen LogP) is 3.19. The van der Waals surface area contributed by atoms with Gasteiger partial charge in [0.05, 0.1) is 5.70 Å². The van der Waals surface area contributed by atoms with Gasteiger partial charge in [0.15, 0.2) is 0 Å². The Morgan fingerprint density at radius 2 is 2.00 bits per heavy atom. The Bertz CT molecular complexity index is 170. The molecule has 0 heterocycles. The maximum absolute atomic E-state index is 4.09. The van der Waals surface area contributed by atoms with Crippen molar-refractivity contribution in [3.8, 4) is 0 Å². The molecule has 0 aromatic carbocycles. The van der Waals surface area contributed by atoms with E-state index in [1.807, 2.05) is 6.21 Å². The van der Waals surface area contributed by atoms with Crippen LogP contribution in [0.5, 0.6) is 0 Å². The summed E-state index contributed by atoms with van der Waals surface area (Å²) in [5.74, 6) is 0. The molecule has 0 aliphatic rings. The van der Waals surface area contributed by atoms with E-state index in [1.165, 1.54) is 0 Å². The van der Waals surface area contributed by atoms with Crippen LogP contribution in [0, 0.1) is 5.41 Å². The Balaban J connectivity index is 3.78. The van der Waals surface area contributed by atoms with Crippen LogP contribution >= 0.6 is 0 Å². The molecule has 0 rings (SSSR count). The lowest BCUT2D eigenvalue weighted by Gasteiger charge is -2.13. The quantitative estimate of drug-likeness (QED) is 0.434. The zero-order chi connectivity index (χ0) is 8.91. The summed E-state index contributed by atoms with van der Waals surface area (Å²) >= 11 is 0. The first-order valence-electron chi connectivity index (χ1n) is 3.79. The van der Waals surface area contributed by atoms with Crippen molar-refractivity contribution in [1.29, 1.82) is 0 Å². The summed E-state index contributed by atoms with van der Waals surface area (Å²) in [6.45, 7) is 13.8. The molecule has 0 aliphatic carbocycles. The van der Waals surface area contributed by atoms with Crippen LogP contribution in [0.3, 0.4) is 0 Å². The summed E-state index contributed by atoms with van der Waals surface area (Å²) in [6, 6.07) is 0. The van der Waals surface area contributed by atoms with Gasteiger partial charge in [-0.1, -0.05) is 33.9 Å². The van der Waals surface area contributed by atoms with Gasteiger partial charge in [0.1, 0.15) is 0 Å². The Morgan fingerprint density at radius 1 is 1.45 bits per heavy atom. The van der Waals surface area contributed by atoms with E-state index in [4.69, 9.17) is 0 Å². The molecule has 11 heavy (non-hydrogen) atoms. The maximum atomic E-state index is 4.09. The lowest BCUT2D eigenvalue weighted by atomic mass is 9.93. The topological polar surface area (TPSA) is 12.4 Å². The lowest BCUT2D eigenvalue weighted by molar-refractivity contribution is 0.437. The highest BCUT2D eigenvalue weighted by Crippen LogP contribution is 2.16. The minimum Gasteiger partial charge on any atom is -0.262 e. The van der Waals surface area contributed by atoms with Gasteiger partial charge in [-0.15, -0.1) is 0 Å². The molecule has 1 heteroatoms. The van der Waals surface area contributed by atoms with Gasteiger partial charge in [-0.2, -0.15) is 0 Å². The van der Waals surface area contributed by atoms with Crippen molar-refractivity contribution in [1.82, 2.24) is 0 Å². The first-order chi connectivity index (χ1) is 4.95. The van der Waals surface area contributed by atoms with Crippen LogP contribution in [0.2, 0.25) is 0 Å². The normalized spacial score (nSPS) is 11.9. The van der Waals surface area contributed by atoms with E-state index in [-0.39, 0.29) is 0 Å². The fourth-order valence-corrected chi connectivity index (χ4v) is 0.489. The van der Waals surface area contributed by atoms with Crippen molar-refractivity contribution in [2.45, 2.75) is 27.2 Å². The van der Waals surface area contributed by atoms with Gasteiger partial charge in [-0.3, -0.25) is 4.99 Å². The average molecular weight is 151 g/mol. The molecule has 0 radical (unpaired) electrons. The molecule has 0 atom stereocenters. The van der Waals surface area contributed by atoms with Gasteiger partial charge in [-0.05, 0) is 17.9 Å². The highest BCUT2D eigenvalue weighted by atomic mass is 14.7. The van der Waals surface area contributed by atoms with Crippen LogP contribution in [-0.2, 0) is 0 Å². The molecule has 0 saturated carbocycles. The third kappa shape index (κ3) is 7.04. The van der Waals surface area contributed by atoms with Gasteiger partial charge in [0.2, 0.25) is 0 Å². The van der Waals surface area contributed by atoms with E-state index < -0.39 is 0 Å². The second-order valence-electron chi connectivity index (χ2n) is 3.77. The largest absolute Gasteiger partial charge is 0.262 e. The van der Waals surface area contributed by atoms with Crippen LogP contribution in [0.4, 0.5) is 0 Å². The summed E-state index contributed by atoms with van der Waals surface area (Å²) in [7, 11) is 0. The van der Waals surface area contributed by atoms with Gasteiger partial charge in [-0.25, -0.2) is 0 Å². The standard InChI is InChI=1S/C10H17N/c1-6-9(2)11-8-7-10(3,4)5/h6,8H,1-2,7H2,3-5H3/b11-8-. The Morgan fingerprint density at radius 3 is 2.36 bits per heavy atom. The molecule has 1 nitrogen and oxygen atoms in total. The third-order valence-electron chi connectivity index (χ3n) is 1.20. The van der Waals surface area contributed by atoms with E-state index in [0.717, 1.165) is 12.1 Å². The number of aliphatic imine (C=N–C) groups is 1. The summed E-state index contributed by atoms with van der Waals surface area (Å²) in [5.41, 5.74) is 1.04. The molecule has 0 aromatic heterocycles. The molecule has 62 valence electrons. The van der Waals surface area contributed by atoms with Crippen molar-refractivity contribution in [3.63, 3.8) is 0 Å². The van der Waals surface area contributed by atoms with E-state index >= 15 is 0 Å². The number of hydrogen-bond acceptors (Lipinski definition) is 1. The zero-order valence-electron chi connectivity index (χ0n) is 7.72. The third-order valence-corrected chi connectivity index (χ3v) is 1.20. The maximum Gasteiger partial charge on any atom is 0.0548 e. The van der Waals surface area contributed by atoms with E-state index in [2.05, 4.69) is 38.9 Å². The van der Waals surface area contributed by atoms with Crippen molar-refractivity contribution in [2.75, 3.05) is 0 Å². The van der Waals surface area contributed by atoms with Crippen molar-refractivity contribution >= 4 is 6.21 Å². The summed E-state index contributed by atoms with van der Waals surface area (Å²) in [6.07, 6.45) is 4.52. The average Bonchev–Trinajstić information content (AvgIpc) is 1.85. The Hall–Kier alpha value is -0.850. The predicted molar refractivity (Wildman–Crippen MR) is 51.9 cm³/mol. The molecule has 0 aromatic rings. The summed E-state index contributed by atoms with van der Waals surface area (Å²) in [5, 5.41) is 0. The second-order valence-corrected chi connectivity index (χ2v) is 3.77. The molecule has 0 spiro atoms. The van der Waals surface area contributed by atoms with E-state index in [9.17, 15) is 0 Å². The van der Waals surface area contributed by atoms with Crippen molar-refractivity contribution in [3.05, 3.63) is 24.9 Å². The van der Waals surface area contributed by atoms with E-state index in [1.54, 1.807) is 6.08 Å². The fraction of sp³-hybridized carbons (Fsp3) is 0.500. The lowest BCUT2D eigenvalue weighted by Crippen LogP contribution is -2.04. The molecular weight excluding hydrogens is 134 g/mol. The minimum atomic E-state index is 0.310. The Labute approximate surface area is 69.5 Å². The highest BCUT2D eigenvalue weighted by molar-refractivity contribution is 5.60. The fourth-order valence-electron chi connectivity index (χ4n) is 0.489. The minimum absolute atomic E-state index is 0.310. The molecule has 0 amide bonds. The van der Waals surface area contributed by atoms with Crippen LogP contribution in [0.15, 0.2) is 29.9 Å². The van der Waals surface area contributed by atoms with Crippen LogP contribution < -0.4 is 0 Å². The second kappa shape index (κ2) is 4.12. The number of allylic oxidation sites excluding steroid dienone is 1. The SMILES string of the molecule is C=CC(=C)/N=C\CC(C)(C)C. The summed E-state index contributed by atoms with van der Waals surface area (Å²) < 4.78 is 0. The highest BCUT2D eigenvalue weighted by Gasteiger charge is 2.06. The number of nitrogens with zero attached hydrogens (tertiary/aromatic N) is 1. The van der Waals surface area contributed by atoms with Crippen LogP contribution in [0.1, 0.15) is 27.2 Å². The monoisotopic (exact) mass is 151 g/mol. The van der Waals surface area contributed by atoms with Crippen LogP contribution in [0.25, 0.3) is 0 Å². The van der Waals surface area contributed by atoms with E-state index in [0.29, 0.717) is 5.41 Å². The molecule has 0 bridgehead atoms. The van der Waals surface area contributed by atoms with Crippen molar-refractivity contribution in [2.24, 2.45) is 10.4 Å². The smallest absolute Gasteiger partial charge is 0.0548 e. The van der Waals surface area contributed by atoms with Crippen molar-refractivity contribution < 1.29 is 0 Å². The Kier molecular flexibility index (Phi) is 3.80. The molecule has 0 N–H and O–H groups in total. The molecule has 0 aliphatic heterocycles. The molecular formula is C10H17N. The van der Waals surface area contributed by atoms with Crippen LogP contribution in [-0.4, -0.2) is 6.21 Å². The number of rotatable bonds is 3. The summed E-state index contributed by atoms with van der Waals surface area (Å²) in [4.78, 5) is 4.09. The first kappa shape index (κ1) is 10.2. The number of hydrogen-bond donors (Lipinski definition) is 0. The zero-order valence-corrected chi connectivity index (χ0v) is 7.72. The van der Waals surface area contributed by atoms with Gasteiger partial charge in [0, 0.05) is 6.21 Å². The molecule has 0 saturated heterocycles. The van der Waals surface area contributed by atoms with Gasteiger partial charge in [0.25, 0.3) is 0 Å². The first-order valence-corrected chi connectivity index (χ1v) is 3.79. The van der Waals surface area contributed by atoms with Gasteiger partial charge < -0.3 is 0 Å².